The van der Waals surface area contributed by atoms with E-state index in [2.05, 4.69) is 63.3 Å². The standard InChI is InChI=1S/C18H29NO/c1-15(19-14-18(4)11-8-12-20-18)13-17(2,3)16-9-6-5-7-10-16/h5-7,9-10,15,19H,8,11-14H2,1-4H3. The zero-order chi connectivity index (χ0) is 14.6. The van der Waals surface area contributed by atoms with Crippen LogP contribution < -0.4 is 5.32 Å². The first kappa shape index (κ1) is 15.5. The highest BCUT2D eigenvalue weighted by Crippen LogP contribution is 2.29. The van der Waals surface area contributed by atoms with Gasteiger partial charge in [-0.25, -0.2) is 0 Å². The number of nitrogens with one attached hydrogen (secondary N) is 1. The Morgan fingerprint density at radius 1 is 1.30 bits per heavy atom. The summed E-state index contributed by atoms with van der Waals surface area (Å²) in [5.74, 6) is 0. The van der Waals surface area contributed by atoms with Crippen LogP contribution in [0.15, 0.2) is 30.3 Å². The molecule has 1 N–H and O–H groups in total. The van der Waals surface area contributed by atoms with Crippen LogP contribution in [0.2, 0.25) is 0 Å². The summed E-state index contributed by atoms with van der Waals surface area (Å²) in [6, 6.07) is 11.3. The van der Waals surface area contributed by atoms with Crippen LogP contribution in [0.4, 0.5) is 0 Å². The molecule has 1 heterocycles. The Labute approximate surface area is 123 Å². The second-order valence-electron chi connectivity index (χ2n) is 7.14. The lowest BCUT2D eigenvalue weighted by atomic mass is 9.79. The van der Waals surface area contributed by atoms with E-state index < -0.39 is 0 Å². The van der Waals surface area contributed by atoms with Crippen LogP contribution in [0.3, 0.4) is 0 Å². The largest absolute Gasteiger partial charge is 0.374 e. The summed E-state index contributed by atoms with van der Waals surface area (Å²) in [5, 5.41) is 3.67. The summed E-state index contributed by atoms with van der Waals surface area (Å²) in [7, 11) is 0. The maximum absolute atomic E-state index is 5.84. The average Bonchev–Trinajstić information content (AvgIpc) is 2.85. The van der Waals surface area contributed by atoms with Gasteiger partial charge in [-0.3, -0.25) is 0 Å². The monoisotopic (exact) mass is 275 g/mol. The van der Waals surface area contributed by atoms with Crippen LogP contribution >= 0.6 is 0 Å². The van der Waals surface area contributed by atoms with E-state index in [0.29, 0.717) is 6.04 Å². The molecule has 2 heteroatoms. The molecular weight excluding hydrogens is 246 g/mol. The van der Waals surface area contributed by atoms with Crippen molar-refractivity contribution >= 4 is 0 Å². The summed E-state index contributed by atoms with van der Waals surface area (Å²) >= 11 is 0. The van der Waals surface area contributed by atoms with Gasteiger partial charge in [0.25, 0.3) is 0 Å². The number of rotatable bonds is 6. The topological polar surface area (TPSA) is 21.3 Å². The predicted octanol–water partition coefficient (Wildman–Crippen LogP) is 3.90. The molecule has 0 saturated carbocycles. The van der Waals surface area contributed by atoms with Gasteiger partial charge in [0.2, 0.25) is 0 Å². The minimum atomic E-state index is 0.0468. The normalized spacial score (nSPS) is 24.8. The fourth-order valence-corrected chi connectivity index (χ4v) is 3.21. The molecule has 0 aromatic heterocycles. The molecule has 1 aliphatic rings. The first-order valence-electron chi connectivity index (χ1n) is 7.84. The smallest absolute Gasteiger partial charge is 0.0779 e. The Hall–Kier alpha value is -0.860. The highest BCUT2D eigenvalue weighted by atomic mass is 16.5. The first-order chi connectivity index (χ1) is 9.41. The minimum Gasteiger partial charge on any atom is -0.374 e. The van der Waals surface area contributed by atoms with Crippen LogP contribution in [-0.2, 0) is 10.2 Å². The van der Waals surface area contributed by atoms with Crippen LogP contribution in [-0.4, -0.2) is 24.8 Å². The van der Waals surface area contributed by atoms with Gasteiger partial charge >= 0.3 is 0 Å². The van der Waals surface area contributed by atoms with Crippen molar-refractivity contribution < 1.29 is 4.74 Å². The fourth-order valence-electron chi connectivity index (χ4n) is 3.21. The third-order valence-electron chi connectivity index (χ3n) is 4.50. The molecule has 0 aliphatic carbocycles. The van der Waals surface area contributed by atoms with Crippen LogP contribution in [0.5, 0.6) is 0 Å². The molecule has 2 atom stereocenters. The Morgan fingerprint density at radius 2 is 2.00 bits per heavy atom. The molecule has 1 aromatic rings. The Morgan fingerprint density at radius 3 is 2.60 bits per heavy atom. The highest BCUT2D eigenvalue weighted by molar-refractivity contribution is 5.23. The molecule has 0 spiro atoms. The molecule has 1 saturated heterocycles. The van der Waals surface area contributed by atoms with Gasteiger partial charge < -0.3 is 10.1 Å². The van der Waals surface area contributed by atoms with E-state index in [4.69, 9.17) is 4.74 Å². The molecular formula is C18H29NO. The van der Waals surface area contributed by atoms with Gasteiger partial charge in [-0.15, -0.1) is 0 Å². The summed E-state index contributed by atoms with van der Waals surface area (Å²) in [6.07, 6.45) is 3.50. The molecule has 0 radical (unpaired) electrons. The van der Waals surface area contributed by atoms with E-state index in [1.807, 2.05) is 0 Å². The molecule has 20 heavy (non-hydrogen) atoms. The van der Waals surface area contributed by atoms with E-state index in [1.165, 1.54) is 18.4 Å². The van der Waals surface area contributed by atoms with E-state index in [1.54, 1.807) is 0 Å². The molecule has 2 unspecified atom stereocenters. The van der Waals surface area contributed by atoms with Gasteiger partial charge in [0, 0.05) is 19.2 Å². The van der Waals surface area contributed by atoms with Gasteiger partial charge in [-0.1, -0.05) is 44.2 Å². The van der Waals surface area contributed by atoms with Gasteiger partial charge in [-0.2, -0.15) is 0 Å². The van der Waals surface area contributed by atoms with Crippen molar-refractivity contribution in [3.8, 4) is 0 Å². The maximum Gasteiger partial charge on any atom is 0.0779 e. The maximum atomic E-state index is 5.84. The quantitative estimate of drug-likeness (QED) is 0.850. The van der Waals surface area contributed by atoms with Crippen molar-refractivity contribution in [3.63, 3.8) is 0 Å². The molecule has 1 aromatic carbocycles. The van der Waals surface area contributed by atoms with Crippen molar-refractivity contribution in [1.82, 2.24) is 5.32 Å². The SMILES string of the molecule is CC(CC(C)(C)c1ccccc1)NCC1(C)CCCO1. The lowest BCUT2D eigenvalue weighted by Gasteiger charge is -2.31. The van der Waals surface area contributed by atoms with Gasteiger partial charge in [0.1, 0.15) is 0 Å². The predicted molar refractivity (Wildman–Crippen MR) is 85.1 cm³/mol. The van der Waals surface area contributed by atoms with E-state index in [0.717, 1.165) is 19.6 Å². The molecule has 2 nitrogen and oxygen atoms in total. The lowest BCUT2D eigenvalue weighted by molar-refractivity contribution is 0.0185. The van der Waals surface area contributed by atoms with Crippen molar-refractivity contribution in [1.29, 1.82) is 0 Å². The lowest BCUT2D eigenvalue weighted by Crippen LogP contribution is -2.43. The zero-order valence-electron chi connectivity index (χ0n) is 13.4. The third kappa shape index (κ3) is 4.07. The Kier molecular flexibility index (Phi) is 4.87. The second kappa shape index (κ2) is 6.28. The van der Waals surface area contributed by atoms with Crippen LogP contribution in [0.25, 0.3) is 0 Å². The fraction of sp³-hybridized carbons (Fsp3) is 0.667. The van der Waals surface area contributed by atoms with Gasteiger partial charge in [0.15, 0.2) is 0 Å². The second-order valence-corrected chi connectivity index (χ2v) is 7.14. The molecule has 1 fully saturated rings. The van der Waals surface area contributed by atoms with E-state index in [9.17, 15) is 0 Å². The zero-order valence-corrected chi connectivity index (χ0v) is 13.4. The summed E-state index contributed by atoms with van der Waals surface area (Å²) in [4.78, 5) is 0. The number of ether oxygens (including phenoxy) is 1. The van der Waals surface area contributed by atoms with E-state index in [-0.39, 0.29) is 11.0 Å². The summed E-state index contributed by atoms with van der Waals surface area (Å²) in [6.45, 7) is 11.0. The minimum absolute atomic E-state index is 0.0468. The van der Waals surface area contributed by atoms with Crippen LogP contribution in [0, 0.1) is 0 Å². The Balaban J connectivity index is 1.86. The summed E-state index contributed by atoms with van der Waals surface area (Å²) in [5.41, 5.74) is 1.66. The van der Waals surface area contributed by atoms with Gasteiger partial charge in [0.05, 0.1) is 5.60 Å². The van der Waals surface area contributed by atoms with Crippen molar-refractivity contribution in [2.45, 2.75) is 64.0 Å². The Bertz CT molecular complexity index is 407. The molecule has 0 bridgehead atoms. The van der Waals surface area contributed by atoms with E-state index >= 15 is 0 Å². The first-order valence-corrected chi connectivity index (χ1v) is 7.84. The highest BCUT2D eigenvalue weighted by Gasteiger charge is 2.30. The molecule has 2 rings (SSSR count). The molecule has 0 amide bonds. The van der Waals surface area contributed by atoms with Gasteiger partial charge in [-0.05, 0) is 44.1 Å². The number of benzene rings is 1. The summed E-state index contributed by atoms with van der Waals surface area (Å²) < 4.78 is 5.84. The molecule has 1 aliphatic heterocycles. The van der Waals surface area contributed by atoms with Crippen molar-refractivity contribution in [3.05, 3.63) is 35.9 Å². The average molecular weight is 275 g/mol. The number of hydrogen-bond acceptors (Lipinski definition) is 2. The number of hydrogen-bond donors (Lipinski definition) is 1. The van der Waals surface area contributed by atoms with Crippen molar-refractivity contribution in [2.24, 2.45) is 0 Å². The van der Waals surface area contributed by atoms with Crippen molar-refractivity contribution in [2.75, 3.05) is 13.2 Å². The van der Waals surface area contributed by atoms with Crippen LogP contribution in [0.1, 0.15) is 52.5 Å². The molecule has 112 valence electrons. The third-order valence-corrected chi connectivity index (χ3v) is 4.50.